The summed E-state index contributed by atoms with van der Waals surface area (Å²) in [6, 6.07) is 5.05. The summed E-state index contributed by atoms with van der Waals surface area (Å²) in [4.78, 5) is 28.3. The predicted molar refractivity (Wildman–Crippen MR) is 80.7 cm³/mol. The molecular weight excluding hydrogens is 282 g/mol. The van der Waals surface area contributed by atoms with Gasteiger partial charge in [0.1, 0.15) is 0 Å². The highest BCUT2D eigenvalue weighted by Crippen LogP contribution is 2.13. The molecule has 2 aromatic rings. The molecule has 0 bridgehead atoms. The summed E-state index contributed by atoms with van der Waals surface area (Å²) in [6.45, 7) is 3.84. The Kier molecular flexibility index (Phi) is 4.24. The third kappa shape index (κ3) is 3.20. The predicted octanol–water partition coefficient (Wildman–Crippen LogP) is 0.892. The van der Waals surface area contributed by atoms with Crippen LogP contribution in [0.5, 0.6) is 0 Å². The van der Waals surface area contributed by atoms with Gasteiger partial charge in [0.25, 0.3) is 0 Å². The van der Waals surface area contributed by atoms with E-state index >= 15 is 0 Å². The Labute approximate surface area is 128 Å². The molecule has 0 unspecified atom stereocenters. The van der Waals surface area contributed by atoms with Crippen LogP contribution in [0.15, 0.2) is 36.8 Å². The number of piperazine rings is 1. The minimum atomic E-state index is -0.931. The van der Waals surface area contributed by atoms with E-state index < -0.39 is 5.97 Å². The molecule has 0 aliphatic carbocycles. The van der Waals surface area contributed by atoms with E-state index in [-0.39, 0.29) is 5.56 Å². The zero-order valence-electron chi connectivity index (χ0n) is 12.1. The maximum absolute atomic E-state index is 11.2. The second-order valence-electron chi connectivity index (χ2n) is 5.11. The van der Waals surface area contributed by atoms with Crippen molar-refractivity contribution in [1.29, 1.82) is 0 Å². The molecule has 3 rings (SSSR count). The van der Waals surface area contributed by atoms with Gasteiger partial charge in [0, 0.05) is 51.3 Å². The number of carboxylic acids is 1. The quantitative estimate of drug-likeness (QED) is 0.897. The van der Waals surface area contributed by atoms with Gasteiger partial charge in [0.15, 0.2) is 0 Å². The Morgan fingerprint density at radius 1 is 1.05 bits per heavy atom. The number of carboxylic acid groups (broad SMARTS) is 1. The summed E-state index contributed by atoms with van der Waals surface area (Å²) in [7, 11) is 0. The number of aromatic nitrogens is 3. The van der Waals surface area contributed by atoms with E-state index in [1.165, 1.54) is 0 Å². The van der Waals surface area contributed by atoms with Crippen molar-refractivity contribution in [3.8, 4) is 0 Å². The van der Waals surface area contributed by atoms with Crippen molar-refractivity contribution in [3.63, 3.8) is 0 Å². The molecule has 0 atom stereocenters. The SMILES string of the molecule is O=C(O)c1cccnc1CN1CCN(c2ncccn2)CC1. The minimum absolute atomic E-state index is 0.274. The number of rotatable bonds is 4. The summed E-state index contributed by atoms with van der Waals surface area (Å²) in [6.07, 6.45) is 5.11. The summed E-state index contributed by atoms with van der Waals surface area (Å²) in [5.74, 6) is -0.189. The largest absolute Gasteiger partial charge is 0.478 e. The van der Waals surface area contributed by atoms with E-state index in [4.69, 9.17) is 0 Å². The Bertz CT molecular complexity index is 641. The van der Waals surface area contributed by atoms with Gasteiger partial charge in [0.05, 0.1) is 11.3 Å². The third-order valence-corrected chi connectivity index (χ3v) is 3.70. The van der Waals surface area contributed by atoms with E-state index in [1.807, 2.05) is 0 Å². The highest BCUT2D eigenvalue weighted by Gasteiger charge is 2.21. The van der Waals surface area contributed by atoms with E-state index in [0.29, 0.717) is 12.2 Å². The zero-order chi connectivity index (χ0) is 15.4. The first-order chi connectivity index (χ1) is 10.7. The fourth-order valence-electron chi connectivity index (χ4n) is 2.53. The van der Waals surface area contributed by atoms with Crippen molar-refractivity contribution in [3.05, 3.63) is 48.0 Å². The third-order valence-electron chi connectivity index (χ3n) is 3.70. The first kappa shape index (κ1) is 14.4. The molecule has 0 spiro atoms. The van der Waals surface area contributed by atoms with Crippen LogP contribution < -0.4 is 4.90 Å². The van der Waals surface area contributed by atoms with Crippen LogP contribution in [0.3, 0.4) is 0 Å². The van der Waals surface area contributed by atoms with Crippen LogP contribution in [0.25, 0.3) is 0 Å². The monoisotopic (exact) mass is 299 g/mol. The molecule has 2 aromatic heterocycles. The van der Waals surface area contributed by atoms with Crippen LogP contribution in [-0.4, -0.2) is 57.1 Å². The molecule has 7 heteroatoms. The number of carbonyl (C=O) groups is 1. The van der Waals surface area contributed by atoms with Gasteiger partial charge in [-0.15, -0.1) is 0 Å². The first-order valence-corrected chi connectivity index (χ1v) is 7.15. The number of hydrogen-bond donors (Lipinski definition) is 1. The minimum Gasteiger partial charge on any atom is -0.478 e. The number of pyridine rings is 1. The first-order valence-electron chi connectivity index (χ1n) is 7.15. The van der Waals surface area contributed by atoms with Gasteiger partial charge in [0.2, 0.25) is 5.95 Å². The van der Waals surface area contributed by atoms with Gasteiger partial charge in [-0.1, -0.05) is 0 Å². The lowest BCUT2D eigenvalue weighted by Crippen LogP contribution is -2.46. The van der Waals surface area contributed by atoms with Crippen LogP contribution in [0.4, 0.5) is 5.95 Å². The number of anilines is 1. The maximum Gasteiger partial charge on any atom is 0.337 e. The van der Waals surface area contributed by atoms with Crippen molar-refractivity contribution < 1.29 is 9.90 Å². The van der Waals surface area contributed by atoms with Gasteiger partial charge in [-0.3, -0.25) is 9.88 Å². The Morgan fingerprint density at radius 2 is 1.73 bits per heavy atom. The molecule has 0 radical (unpaired) electrons. The molecule has 1 aliphatic rings. The Morgan fingerprint density at radius 3 is 2.41 bits per heavy atom. The molecule has 7 nitrogen and oxygen atoms in total. The molecule has 1 saturated heterocycles. The lowest BCUT2D eigenvalue weighted by Gasteiger charge is -2.34. The average Bonchev–Trinajstić information content (AvgIpc) is 2.57. The fourth-order valence-corrected chi connectivity index (χ4v) is 2.53. The zero-order valence-corrected chi connectivity index (χ0v) is 12.1. The van der Waals surface area contributed by atoms with Crippen molar-refractivity contribution in [2.24, 2.45) is 0 Å². The van der Waals surface area contributed by atoms with E-state index in [1.54, 1.807) is 36.8 Å². The lowest BCUT2D eigenvalue weighted by atomic mass is 10.1. The molecule has 0 saturated carbocycles. The van der Waals surface area contributed by atoms with Crippen molar-refractivity contribution in [2.75, 3.05) is 31.1 Å². The highest BCUT2D eigenvalue weighted by molar-refractivity contribution is 5.88. The summed E-state index contributed by atoms with van der Waals surface area (Å²) in [5, 5.41) is 9.20. The smallest absolute Gasteiger partial charge is 0.337 e. The van der Waals surface area contributed by atoms with Crippen LogP contribution in [-0.2, 0) is 6.54 Å². The van der Waals surface area contributed by atoms with Gasteiger partial charge in [-0.05, 0) is 18.2 Å². The summed E-state index contributed by atoms with van der Waals surface area (Å²) in [5.41, 5.74) is 0.885. The van der Waals surface area contributed by atoms with Crippen molar-refractivity contribution in [2.45, 2.75) is 6.54 Å². The molecule has 0 amide bonds. The topological polar surface area (TPSA) is 82.5 Å². The van der Waals surface area contributed by atoms with E-state index in [0.717, 1.165) is 32.1 Å². The molecular formula is C15H17N5O2. The van der Waals surface area contributed by atoms with Crippen LogP contribution >= 0.6 is 0 Å². The van der Waals surface area contributed by atoms with E-state index in [9.17, 15) is 9.90 Å². The van der Waals surface area contributed by atoms with Crippen LogP contribution in [0.1, 0.15) is 16.1 Å². The Balaban J connectivity index is 1.62. The second kappa shape index (κ2) is 6.48. The fraction of sp³-hybridized carbons (Fsp3) is 0.333. The molecule has 1 aliphatic heterocycles. The number of aromatic carboxylic acids is 1. The molecule has 0 aromatic carbocycles. The maximum atomic E-state index is 11.2. The summed E-state index contributed by atoms with van der Waals surface area (Å²) >= 11 is 0. The second-order valence-corrected chi connectivity index (χ2v) is 5.11. The van der Waals surface area contributed by atoms with Crippen LogP contribution in [0.2, 0.25) is 0 Å². The van der Waals surface area contributed by atoms with Crippen LogP contribution in [0, 0.1) is 0 Å². The van der Waals surface area contributed by atoms with E-state index in [2.05, 4.69) is 24.8 Å². The average molecular weight is 299 g/mol. The van der Waals surface area contributed by atoms with Gasteiger partial charge in [-0.25, -0.2) is 14.8 Å². The summed E-state index contributed by atoms with van der Waals surface area (Å²) < 4.78 is 0. The molecule has 1 N–H and O–H groups in total. The van der Waals surface area contributed by atoms with Gasteiger partial charge < -0.3 is 10.0 Å². The molecule has 114 valence electrons. The standard InChI is InChI=1S/C15H17N5O2/c21-14(22)12-3-1-4-16-13(12)11-19-7-9-20(10-8-19)15-17-5-2-6-18-15/h1-6H,7-11H2,(H,21,22). The number of hydrogen-bond acceptors (Lipinski definition) is 6. The van der Waals surface area contributed by atoms with Crippen molar-refractivity contribution in [1.82, 2.24) is 19.9 Å². The lowest BCUT2D eigenvalue weighted by molar-refractivity contribution is 0.0693. The molecule has 22 heavy (non-hydrogen) atoms. The number of nitrogens with zero attached hydrogens (tertiary/aromatic N) is 5. The normalized spacial score (nSPS) is 15.7. The van der Waals surface area contributed by atoms with Gasteiger partial charge >= 0.3 is 5.97 Å². The Hall–Kier alpha value is -2.54. The molecule has 1 fully saturated rings. The van der Waals surface area contributed by atoms with Gasteiger partial charge in [-0.2, -0.15) is 0 Å². The highest BCUT2D eigenvalue weighted by atomic mass is 16.4. The molecule has 3 heterocycles. The van der Waals surface area contributed by atoms with Crippen molar-refractivity contribution >= 4 is 11.9 Å².